The number of hydrogen-bond donors (Lipinski definition) is 0. The fourth-order valence-corrected chi connectivity index (χ4v) is 9.50. The number of hydrogen-bond acceptors (Lipinski definition) is 8. The summed E-state index contributed by atoms with van der Waals surface area (Å²) < 4.78 is 34.0. The molecule has 2 fully saturated rings. The Hall–Kier alpha value is -5.64. The molecule has 6 aromatic carbocycles. The average Bonchev–Trinajstić information content (AvgIpc) is 3.39. The van der Waals surface area contributed by atoms with Crippen LogP contribution in [0.1, 0.15) is 89.2 Å². The molecule has 0 amide bonds. The number of anilines is 6. The summed E-state index contributed by atoms with van der Waals surface area (Å²) >= 11 is 0. The fraction of sp³-hybridized carbons (Fsp3) is 0.419. The van der Waals surface area contributed by atoms with E-state index in [1.165, 1.54) is 49.7 Å². The second-order valence-electron chi connectivity index (χ2n) is 19.6. The lowest BCUT2D eigenvalue weighted by Gasteiger charge is -2.40. The van der Waals surface area contributed by atoms with Crippen LogP contribution in [0.5, 0.6) is 11.5 Å². The van der Waals surface area contributed by atoms with Crippen molar-refractivity contribution in [2.75, 3.05) is 76.9 Å². The van der Waals surface area contributed by atoms with Crippen LogP contribution in [0.25, 0.3) is 11.1 Å². The molecule has 70 heavy (non-hydrogen) atoms. The Morgan fingerprint density at radius 2 is 0.686 bits per heavy atom. The maximum Gasteiger partial charge on any atom is 0.119 e. The van der Waals surface area contributed by atoms with E-state index in [0.29, 0.717) is 0 Å². The minimum absolute atomic E-state index is 0.270. The maximum atomic E-state index is 6.02. The van der Waals surface area contributed by atoms with E-state index >= 15 is 0 Å². The molecular weight excluding hydrogens is 869 g/mol. The second-order valence-corrected chi connectivity index (χ2v) is 19.6. The van der Waals surface area contributed by atoms with Crippen LogP contribution in [0.2, 0.25) is 0 Å². The molecule has 0 bridgehead atoms. The third-order valence-corrected chi connectivity index (χ3v) is 14.6. The zero-order chi connectivity index (χ0) is 48.4. The highest BCUT2D eigenvalue weighted by Gasteiger charge is 2.37. The largest absolute Gasteiger partial charge is 0.497 e. The molecule has 2 saturated heterocycles. The number of methoxy groups -OCH3 is 2. The van der Waals surface area contributed by atoms with Crippen LogP contribution in [0.15, 0.2) is 146 Å². The molecule has 0 saturated carbocycles. The number of unbranched alkanes of at least 4 members (excludes halogenated alkanes) is 6. The second kappa shape index (κ2) is 25.5. The first-order valence-electron chi connectivity index (χ1n) is 26.0. The van der Waals surface area contributed by atoms with Gasteiger partial charge in [-0.3, -0.25) is 0 Å². The van der Waals surface area contributed by atoms with Gasteiger partial charge in [-0.25, -0.2) is 0 Å². The molecule has 6 aromatic rings. The van der Waals surface area contributed by atoms with Crippen molar-refractivity contribution in [2.24, 2.45) is 10.8 Å². The van der Waals surface area contributed by atoms with Gasteiger partial charge in [0.25, 0.3) is 0 Å². The van der Waals surface area contributed by atoms with Crippen LogP contribution < -0.4 is 19.3 Å². The van der Waals surface area contributed by atoms with E-state index in [0.717, 1.165) is 148 Å². The molecule has 2 heterocycles. The molecule has 0 unspecified atom stereocenters. The van der Waals surface area contributed by atoms with Gasteiger partial charge in [0.15, 0.2) is 0 Å². The summed E-state index contributed by atoms with van der Waals surface area (Å²) in [5, 5.41) is 0. The predicted octanol–water partition coefficient (Wildman–Crippen LogP) is 15.4. The van der Waals surface area contributed by atoms with Crippen LogP contribution in [0, 0.1) is 10.8 Å². The zero-order valence-electron chi connectivity index (χ0n) is 42.3. The third kappa shape index (κ3) is 13.4. The lowest BCUT2D eigenvalue weighted by molar-refractivity contribution is -0.150. The first kappa shape index (κ1) is 50.7. The molecule has 0 spiro atoms. The lowest BCUT2D eigenvalue weighted by atomic mass is 9.84. The minimum Gasteiger partial charge on any atom is -0.497 e. The summed E-state index contributed by atoms with van der Waals surface area (Å²) in [6.07, 6.45) is 13.8. The predicted molar refractivity (Wildman–Crippen MR) is 287 cm³/mol. The smallest absolute Gasteiger partial charge is 0.119 e. The molecular formula is C62H76N2O6. The van der Waals surface area contributed by atoms with Gasteiger partial charge >= 0.3 is 0 Å². The molecule has 8 rings (SSSR count). The van der Waals surface area contributed by atoms with Gasteiger partial charge in [-0.05, 0) is 171 Å². The molecule has 0 aliphatic carbocycles. The lowest BCUT2D eigenvalue weighted by Crippen LogP contribution is -2.45. The Morgan fingerprint density at radius 3 is 0.971 bits per heavy atom. The molecule has 0 atom stereocenters. The zero-order valence-corrected chi connectivity index (χ0v) is 42.3. The van der Waals surface area contributed by atoms with Crippen molar-refractivity contribution in [1.82, 2.24) is 0 Å². The number of benzene rings is 6. The van der Waals surface area contributed by atoms with Gasteiger partial charge in [0.1, 0.15) is 11.5 Å². The average molecular weight is 945 g/mol. The van der Waals surface area contributed by atoms with E-state index in [2.05, 4.69) is 145 Å². The number of aryl methyl sites for hydroxylation is 2. The topological polar surface area (TPSA) is 61.9 Å². The van der Waals surface area contributed by atoms with Gasteiger partial charge in [0.05, 0.1) is 53.9 Å². The van der Waals surface area contributed by atoms with Gasteiger partial charge in [-0.15, -0.1) is 0 Å². The Kier molecular flexibility index (Phi) is 18.5. The van der Waals surface area contributed by atoms with Gasteiger partial charge in [-0.2, -0.15) is 0 Å². The summed E-state index contributed by atoms with van der Waals surface area (Å²) in [7, 11) is 3.42. The van der Waals surface area contributed by atoms with E-state index in [9.17, 15) is 0 Å². The molecule has 8 nitrogen and oxygen atoms in total. The Labute approximate surface area is 418 Å². The van der Waals surface area contributed by atoms with E-state index in [4.69, 9.17) is 28.4 Å². The SMILES string of the molecule is CCC1(COCCCCCCc2ccc(N(c3ccc(OC)cc3)c3ccc(-c4ccc(N(c5ccc(CCCCCCOCC6(CC)COC6)cc5)c5ccc(OC)cc5)cc4)cc3)cc2)COC1. The van der Waals surface area contributed by atoms with Gasteiger partial charge in [0, 0.05) is 58.2 Å². The summed E-state index contributed by atoms with van der Waals surface area (Å²) in [5.41, 5.74) is 12.2. The van der Waals surface area contributed by atoms with Crippen molar-refractivity contribution in [2.45, 2.75) is 90.9 Å². The van der Waals surface area contributed by atoms with Gasteiger partial charge in [-0.1, -0.05) is 88.1 Å². The molecule has 8 heteroatoms. The van der Waals surface area contributed by atoms with Crippen molar-refractivity contribution >= 4 is 34.1 Å². The Bertz CT molecular complexity index is 2240. The van der Waals surface area contributed by atoms with Crippen LogP contribution >= 0.6 is 0 Å². The number of nitrogens with zero attached hydrogens (tertiary/aromatic N) is 2. The minimum atomic E-state index is 0.270. The van der Waals surface area contributed by atoms with Crippen LogP contribution in [0.3, 0.4) is 0 Å². The van der Waals surface area contributed by atoms with Crippen molar-refractivity contribution in [3.63, 3.8) is 0 Å². The van der Waals surface area contributed by atoms with Crippen molar-refractivity contribution in [3.05, 3.63) is 157 Å². The summed E-state index contributed by atoms with van der Waals surface area (Å²) in [4.78, 5) is 4.64. The highest BCUT2D eigenvalue weighted by atomic mass is 16.5. The monoisotopic (exact) mass is 945 g/mol. The van der Waals surface area contributed by atoms with E-state index in [1.54, 1.807) is 14.2 Å². The molecule has 370 valence electrons. The molecule has 2 aliphatic heterocycles. The van der Waals surface area contributed by atoms with E-state index in [-0.39, 0.29) is 10.8 Å². The first-order valence-corrected chi connectivity index (χ1v) is 26.0. The van der Waals surface area contributed by atoms with Crippen LogP contribution in [-0.2, 0) is 31.8 Å². The third-order valence-electron chi connectivity index (χ3n) is 14.6. The Balaban J connectivity index is 0.885. The number of rotatable bonds is 29. The highest BCUT2D eigenvalue weighted by molar-refractivity contribution is 5.81. The summed E-state index contributed by atoms with van der Waals surface area (Å²) in [6.45, 7) is 11.2. The van der Waals surface area contributed by atoms with Crippen molar-refractivity contribution in [1.29, 1.82) is 0 Å². The molecule has 0 N–H and O–H groups in total. The van der Waals surface area contributed by atoms with Gasteiger partial charge in [0.2, 0.25) is 0 Å². The molecule has 0 aromatic heterocycles. The molecule has 0 radical (unpaired) electrons. The van der Waals surface area contributed by atoms with E-state index < -0.39 is 0 Å². The highest BCUT2D eigenvalue weighted by Crippen LogP contribution is 2.40. The van der Waals surface area contributed by atoms with Crippen molar-refractivity contribution in [3.8, 4) is 22.6 Å². The standard InChI is InChI=1S/C62H76N2O6/c1-5-61(45-69-46-61)43-67-41-13-9-7-11-15-49-17-25-53(26-18-49)63(57-33-37-59(65-3)38-34-57)55-29-21-51(22-30-55)52-23-31-56(32-24-52)64(58-35-39-60(66-4)40-36-58)54-27-19-50(20-28-54)16-12-8-10-14-42-68-44-62(6-2)47-70-48-62/h17-40H,5-16,41-48H2,1-4H3. The molecule has 2 aliphatic rings. The van der Waals surface area contributed by atoms with Crippen LogP contribution in [0.4, 0.5) is 34.1 Å². The maximum absolute atomic E-state index is 6.02. The first-order chi connectivity index (χ1) is 34.4. The Morgan fingerprint density at radius 1 is 0.386 bits per heavy atom. The van der Waals surface area contributed by atoms with Gasteiger partial charge < -0.3 is 38.2 Å². The van der Waals surface area contributed by atoms with E-state index in [1.807, 2.05) is 24.3 Å². The normalized spacial score (nSPS) is 14.6. The van der Waals surface area contributed by atoms with Crippen molar-refractivity contribution < 1.29 is 28.4 Å². The van der Waals surface area contributed by atoms with Crippen LogP contribution in [-0.4, -0.2) is 67.1 Å². The summed E-state index contributed by atoms with van der Waals surface area (Å²) in [5.74, 6) is 1.67. The quantitative estimate of drug-likeness (QED) is 0.0431. The number of ether oxygens (including phenoxy) is 6. The summed E-state index contributed by atoms with van der Waals surface area (Å²) in [6, 6.07) is 52.6. The fourth-order valence-electron chi connectivity index (χ4n) is 9.50.